The number of benzene rings is 2. The van der Waals surface area contributed by atoms with Crippen LogP contribution in [0, 0.1) is 20.2 Å². The Morgan fingerprint density at radius 1 is 1.08 bits per heavy atom. The van der Waals surface area contributed by atoms with Crippen LogP contribution in [0.1, 0.15) is 28.9 Å². The van der Waals surface area contributed by atoms with E-state index in [2.05, 4.69) is 0 Å². The lowest BCUT2D eigenvalue weighted by Gasteiger charge is -2.15. The second kappa shape index (κ2) is 7.60. The Hall–Kier alpha value is -3.49. The number of carbonyl (C=O) groups is 1. The molecule has 0 radical (unpaired) electrons. The Morgan fingerprint density at radius 2 is 1.77 bits per heavy atom. The Labute approximate surface area is 149 Å². The van der Waals surface area contributed by atoms with Crippen LogP contribution in [0.5, 0.6) is 0 Å². The molecule has 2 rings (SSSR count). The predicted molar refractivity (Wildman–Crippen MR) is 94.4 cm³/mol. The molecule has 0 N–H and O–H groups in total. The van der Waals surface area contributed by atoms with Gasteiger partial charge in [-0.15, -0.1) is 0 Å². The maximum absolute atomic E-state index is 12.3. The Balaban J connectivity index is 2.24. The van der Waals surface area contributed by atoms with Crippen molar-refractivity contribution in [1.82, 2.24) is 0 Å². The van der Waals surface area contributed by atoms with Crippen molar-refractivity contribution in [2.24, 2.45) is 0 Å². The molecule has 0 bridgehead atoms. The first-order valence-corrected chi connectivity index (χ1v) is 7.61. The van der Waals surface area contributed by atoms with Crippen LogP contribution in [0.2, 0.25) is 0 Å². The molecule has 2 aromatic rings. The number of carbonyl (C=O) groups excluding carboxylic acids is 1. The van der Waals surface area contributed by atoms with E-state index >= 15 is 0 Å². The highest BCUT2D eigenvalue weighted by Crippen LogP contribution is 2.29. The highest BCUT2D eigenvalue weighted by molar-refractivity contribution is 5.91. The molecule has 0 unspecified atom stereocenters. The fourth-order valence-corrected chi connectivity index (χ4v) is 2.36. The molecule has 0 fully saturated rings. The van der Waals surface area contributed by atoms with Crippen molar-refractivity contribution in [2.75, 3.05) is 19.0 Å². The summed E-state index contributed by atoms with van der Waals surface area (Å²) in [4.78, 5) is 34.8. The molecular weight excluding hydrogens is 342 g/mol. The molecule has 136 valence electrons. The molecule has 0 aliphatic rings. The molecule has 0 saturated heterocycles. The number of nitrogens with zero attached hydrogens (tertiary/aromatic N) is 3. The zero-order chi connectivity index (χ0) is 19.4. The summed E-state index contributed by atoms with van der Waals surface area (Å²) in [6.07, 6.45) is -0.755. The van der Waals surface area contributed by atoms with Gasteiger partial charge in [-0.3, -0.25) is 20.2 Å². The summed E-state index contributed by atoms with van der Waals surface area (Å²) in [5.74, 6) is -0.752. The number of rotatable bonds is 6. The van der Waals surface area contributed by atoms with Crippen molar-refractivity contribution >= 4 is 23.0 Å². The highest BCUT2D eigenvalue weighted by Gasteiger charge is 2.21. The van der Waals surface area contributed by atoms with Gasteiger partial charge in [-0.25, -0.2) is 4.79 Å². The lowest BCUT2D eigenvalue weighted by atomic mass is 10.1. The first kappa shape index (κ1) is 18.8. The van der Waals surface area contributed by atoms with Crippen LogP contribution < -0.4 is 4.90 Å². The molecule has 9 nitrogen and oxygen atoms in total. The van der Waals surface area contributed by atoms with Gasteiger partial charge in [0.1, 0.15) is 11.8 Å². The number of nitro groups is 2. The second-order valence-corrected chi connectivity index (χ2v) is 5.75. The van der Waals surface area contributed by atoms with Crippen LogP contribution in [-0.4, -0.2) is 29.9 Å². The van der Waals surface area contributed by atoms with Crippen LogP contribution in [0.15, 0.2) is 42.5 Å². The summed E-state index contributed by atoms with van der Waals surface area (Å²) in [5.41, 5.74) is 0.508. The van der Waals surface area contributed by atoms with Gasteiger partial charge in [0, 0.05) is 32.3 Å². The van der Waals surface area contributed by atoms with Crippen LogP contribution in [-0.2, 0) is 4.74 Å². The lowest BCUT2D eigenvalue weighted by Crippen LogP contribution is -2.13. The first-order chi connectivity index (χ1) is 12.2. The minimum Gasteiger partial charge on any atom is -0.454 e. The van der Waals surface area contributed by atoms with Crippen molar-refractivity contribution in [3.8, 4) is 0 Å². The van der Waals surface area contributed by atoms with Gasteiger partial charge < -0.3 is 9.64 Å². The Morgan fingerprint density at radius 3 is 2.35 bits per heavy atom. The molecule has 0 spiro atoms. The standard InChI is InChI=1S/C17H17N3O6/c1-11(12-5-4-6-14(9-12)19(22)23)26-17(21)13-7-8-15(18(2)3)16(10-13)20(24)25/h4-11H,1-3H3/t11-/m1/s1. The molecule has 2 aromatic carbocycles. The van der Waals surface area contributed by atoms with Crippen molar-refractivity contribution in [2.45, 2.75) is 13.0 Å². The summed E-state index contributed by atoms with van der Waals surface area (Å²) in [7, 11) is 3.31. The maximum atomic E-state index is 12.3. The van der Waals surface area contributed by atoms with E-state index in [9.17, 15) is 25.0 Å². The van der Waals surface area contributed by atoms with E-state index in [1.165, 1.54) is 30.3 Å². The number of hydrogen-bond acceptors (Lipinski definition) is 7. The van der Waals surface area contributed by atoms with E-state index in [1.54, 1.807) is 32.0 Å². The van der Waals surface area contributed by atoms with Crippen LogP contribution in [0.25, 0.3) is 0 Å². The zero-order valence-corrected chi connectivity index (χ0v) is 14.4. The maximum Gasteiger partial charge on any atom is 0.338 e. The Kier molecular flexibility index (Phi) is 5.51. The van der Waals surface area contributed by atoms with E-state index in [0.717, 1.165) is 6.07 Å². The number of anilines is 1. The SMILES string of the molecule is C[C@@H](OC(=O)c1ccc(N(C)C)c([N+](=O)[O-])c1)c1cccc([N+](=O)[O-])c1. The number of hydrogen-bond donors (Lipinski definition) is 0. The van der Waals surface area contributed by atoms with Gasteiger partial charge in [0.25, 0.3) is 11.4 Å². The van der Waals surface area contributed by atoms with E-state index in [4.69, 9.17) is 4.74 Å². The molecule has 0 saturated carbocycles. The van der Waals surface area contributed by atoms with Gasteiger partial charge in [0.05, 0.1) is 15.4 Å². The fourth-order valence-electron chi connectivity index (χ4n) is 2.36. The average Bonchev–Trinajstić information content (AvgIpc) is 2.60. The smallest absolute Gasteiger partial charge is 0.338 e. The molecule has 26 heavy (non-hydrogen) atoms. The van der Waals surface area contributed by atoms with Gasteiger partial charge >= 0.3 is 5.97 Å². The molecule has 0 aromatic heterocycles. The number of esters is 1. The minimum absolute atomic E-state index is 0.0274. The van der Waals surface area contributed by atoms with E-state index in [0.29, 0.717) is 11.3 Å². The van der Waals surface area contributed by atoms with Crippen LogP contribution in [0.3, 0.4) is 0 Å². The number of nitro benzene ring substituents is 2. The molecule has 0 amide bonds. The molecule has 0 heterocycles. The van der Waals surface area contributed by atoms with Crippen molar-refractivity contribution < 1.29 is 19.4 Å². The van der Waals surface area contributed by atoms with Crippen molar-refractivity contribution in [3.63, 3.8) is 0 Å². The summed E-state index contributed by atoms with van der Waals surface area (Å²) < 4.78 is 5.29. The zero-order valence-electron chi connectivity index (χ0n) is 14.4. The molecular formula is C17H17N3O6. The largest absolute Gasteiger partial charge is 0.454 e. The summed E-state index contributed by atoms with van der Waals surface area (Å²) in [5, 5.41) is 22.0. The Bertz CT molecular complexity index is 865. The average molecular weight is 359 g/mol. The third kappa shape index (κ3) is 4.12. The highest BCUT2D eigenvalue weighted by atomic mass is 16.6. The van der Waals surface area contributed by atoms with E-state index in [-0.39, 0.29) is 16.9 Å². The summed E-state index contributed by atoms with van der Waals surface area (Å²) in [6.45, 7) is 1.57. The molecule has 0 aliphatic carbocycles. The number of non-ortho nitro benzene ring substituents is 1. The lowest BCUT2D eigenvalue weighted by molar-refractivity contribution is -0.385. The third-order valence-electron chi connectivity index (χ3n) is 3.72. The second-order valence-electron chi connectivity index (χ2n) is 5.75. The third-order valence-corrected chi connectivity index (χ3v) is 3.72. The summed E-state index contributed by atoms with van der Waals surface area (Å²) >= 11 is 0. The topological polar surface area (TPSA) is 116 Å². The molecule has 1 atom stereocenters. The van der Waals surface area contributed by atoms with E-state index < -0.39 is 21.9 Å². The van der Waals surface area contributed by atoms with Crippen LogP contribution >= 0.6 is 0 Å². The van der Waals surface area contributed by atoms with Gasteiger partial charge in [0.2, 0.25) is 0 Å². The first-order valence-electron chi connectivity index (χ1n) is 7.61. The summed E-state index contributed by atoms with van der Waals surface area (Å²) in [6, 6.07) is 9.80. The van der Waals surface area contributed by atoms with Crippen molar-refractivity contribution in [3.05, 3.63) is 73.8 Å². The van der Waals surface area contributed by atoms with Gasteiger partial charge in [0.15, 0.2) is 0 Å². The molecule has 0 aliphatic heterocycles. The van der Waals surface area contributed by atoms with Gasteiger partial charge in [-0.05, 0) is 24.6 Å². The quantitative estimate of drug-likeness (QED) is 0.440. The monoisotopic (exact) mass is 359 g/mol. The van der Waals surface area contributed by atoms with E-state index in [1.807, 2.05) is 0 Å². The number of ether oxygens (including phenoxy) is 1. The predicted octanol–water partition coefficient (Wildman–Crippen LogP) is 3.49. The van der Waals surface area contributed by atoms with Crippen LogP contribution in [0.4, 0.5) is 17.1 Å². The van der Waals surface area contributed by atoms with Crippen molar-refractivity contribution in [1.29, 1.82) is 0 Å². The van der Waals surface area contributed by atoms with Gasteiger partial charge in [-0.1, -0.05) is 12.1 Å². The minimum atomic E-state index is -0.755. The van der Waals surface area contributed by atoms with Gasteiger partial charge in [-0.2, -0.15) is 0 Å². The molecule has 9 heteroatoms. The normalized spacial score (nSPS) is 11.5. The fraction of sp³-hybridized carbons (Fsp3) is 0.235.